The van der Waals surface area contributed by atoms with Gasteiger partial charge in [0.1, 0.15) is 11.6 Å². The van der Waals surface area contributed by atoms with Gasteiger partial charge in [0.05, 0.1) is 0 Å². The molecule has 0 radical (unpaired) electrons. The van der Waals surface area contributed by atoms with Gasteiger partial charge in [0.15, 0.2) is 0 Å². The van der Waals surface area contributed by atoms with Gasteiger partial charge < -0.3 is 11.1 Å². The van der Waals surface area contributed by atoms with Crippen LogP contribution in [0.4, 0.5) is 4.79 Å². The Morgan fingerprint density at radius 2 is 1.95 bits per heavy atom. The fourth-order valence-electron chi connectivity index (χ4n) is 1.40. The summed E-state index contributed by atoms with van der Waals surface area (Å²) >= 11 is 5.77. The summed E-state index contributed by atoms with van der Waals surface area (Å²) in [6, 6.07) is 7.83. The van der Waals surface area contributed by atoms with E-state index in [0.717, 1.165) is 5.56 Å². The van der Waals surface area contributed by atoms with Crippen LogP contribution in [-0.2, 0) is 11.3 Å². The number of amides is 3. The topological polar surface area (TPSA) is 108 Å². The smallest absolute Gasteiger partial charge is 0.319 e. The van der Waals surface area contributed by atoms with Crippen molar-refractivity contribution in [1.82, 2.24) is 10.6 Å². The number of carbonyl (C=O) groups is 2. The lowest BCUT2D eigenvalue weighted by atomic mass is 10.2. The first-order valence-corrected chi connectivity index (χ1v) is 6.02. The van der Waals surface area contributed by atoms with E-state index in [1.807, 2.05) is 17.4 Å². The van der Waals surface area contributed by atoms with Crippen LogP contribution in [0.25, 0.3) is 0 Å². The number of nitrogens with zero attached hydrogens (tertiary/aromatic N) is 1. The minimum Gasteiger partial charge on any atom is -0.383 e. The van der Waals surface area contributed by atoms with Gasteiger partial charge in [-0.3, -0.25) is 10.1 Å². The average molecular weight is 293 g/mol. The van der Waals surface area contributed by atoms with E-state index in [0.29, 0.717) is 17.3 Å². The van der Waals surface area contributed by atoms with E-state index in [9.17, 15) is 9.59 Å². The molecule has 0 unspecified atom stereocenters. The second kappa shape index (κ2) is 7.16. The predicted octanol–water partition coefficient (Wildman–Crippen LogP) is 1.42. The van der Waals surface area contributed by atoms with E-state index in [-0.39, 0.29) is 5.57 Å². The fraction of sp³-hybridized carbons (Fsp3) is 0.154. The number of imide groups is 1. The number of urea groups is 1. The number of rotatable bonds is 4. The van der Waals surface area contributed by atoms with Gasteiger partial charge in [-0.15, -0.1) is 0 Å². The number of primary amides is 1. The minimum absolute atomic E-state index is 0.197. The first-order chi connectivity index (χ1) is 9.43. The number of hydrogen-bond donors (Lipinski definition) is 3. The highest BCUT2D eigenvalue weighted by atomic mass is 35.5. The van der Waals surface area contributed by atoms with Crippen LogP contribution < -0.4 is 16.4 Å². The molecule has 1 rings (SSSR count). The van der Waals surface area contributed by atoms with E-state index >= 15 is 0 Å². The van der Waals surface area contributed by atoms with Crippen LogP contribution in [0, 0.1) is 11.3 Å². The number of nitrogens with two attached hydrogens (primary N) is 1. The Balaban J connectivity index is 2.75. The van der Waals surface area contributed by atoms with Crippen LogP contribution in [0.1, 0.15) is 12.5 Å². The SMILES string of the molecule is CC(NCc1ccc(Cl)cc1)=C(C#N)C(=O)NC(N)=O. The first kappa shape index (κ1) is 15.5. The standard InChI is InChI=1S/C13H13ClN4O2/c1-8(11(6-15)12(19)18-13(16)20)17-7-9-2-4-10(14)5-3-9/h2-5,17H,7H2,1H3,(H3,16,18,19,20). The van der Waals surface area contributed by atoms with Crippen LogP contribution in [0.2, 0.25) is 5.02 Å². The molecular formula is C13H13ClN4O2. The molecule has 0 heterocycles. The maximum absolute atomic E-state index is 11.5. The molecule has 0 aromatic heterocycles. The molecule has 0 aliphatic rings. The summed E-state index contributed by atoms with van der Waals surface area (Å²) in [4.78, 5) is 22.1. The van der Waals surface area contributed by atoms with Crippen LogP contribution in [0.3, 0.4) is 0 Å². The number of benzene rings is 1. The molecule has 1 aromatic carbocycles. The van der Waals surface area contributed by atoms with Crippen molar-refractivity contribution >= 4 is 23.5 Å². The molecule has 1 aromatic rings. The maximum Gasteiger partial charge on any atom is 0.319 e. The van der Waals surface area contributed by atoms with Crippen molar-refractivity contribution in [2.24, 2.45) is 5.73 Å². The van der Waals surface area contributed by atoms with Gasteiger partial charge in [-0.1, -0.05) is 23.7 Å². The third kappa shape index (κ3) is 4.63. The van der Waals surface area contributed by atoms with Crippen molar-refractivity contribution in [3.63, 3.8) is 0 Å². The molecule has 4 N–H and O–H groups in total. The molecule has 0 atom stereocenters. The zero-order valence-electron chi connectivity index (χ0n) is 10.7. The molecular weight excluding hydrogens is 280 g/mol. The average Bonchev–Trinajstić information content (AvgIpc) is 2.38. The summed E-state index contributed by atoms with van der Waals surface area (Å²) in [6.07, 6.45) is 0. The lowest BCUT2D eigenvalue weighted by molar-refractivity contribution is -0.116. The molecule has 20 heavy (non-hydrogen) atoms. The van der Waals surface area contributed by atoms with E-state index < -0.39 is 11.9 Å². The molecule has 0 saturated heterocycles. The lowest BCUT2D eigenvalue weighted by Gasteiger charge is -2.09. The zero-order valence-corrected chi connectivity index (χ0v) is 11.5. The number of nitrogens with one attached hydrogen (secondary N) is 2. The summed E-state index contributed by atoms with van der Waals surface area (Å²) in [6.45, 7) is 1.98. The Bertz CT molecular complexity index is 587. The summed E-state index contributed by atoms with van der Waals surface area (Å²) in [7, 11) is 0. The molecule has 0 spiro atoms. The third-order valence-electron chi connectivity index (χ3n) is 2.42. The van der Waals surface area contributed by atoms with Gasteiger partial charge >= 0.3 is 6.03 Å². The number of nitriles is 1. The van der Waals surface area contributed by atoms with Crippen LogP contribution >= 0.6 is 11.6 Å². The van der Waals surface area contributed by atoms with Crippen molar-refractivity contribution in [3.05, 3.63) is 46.1 Å². The first-order valence-electron chi connectivity index (χ1n) is 5.64. The maximum atomic E-state index is 11.5. The summed E-state index contributed by atoms with van der Waals surface area (Å²) in [5.74, 6) is -0.832. The van der Waals surface area contributed by atoms with Gasteiger partial charge in [0, 0.05) is 17.3 Å². The molecule has 0 saturated carbocycles. The van der Waals surface area contributed by atoms with Crippen LogP contribution in [-0.4, -0.2) is 11.9 Å². The fourth-order valence-corrected chi connectivity index (χ4v) is 1.53. The third-order valence-corrected chi connectivity index (χ3v) is 2.67. The van der Waals surface area contributed by atoms with Crippen molar-refractivity contribution in [1.29, 1.82) is 5.26 Å². The number of hydrogen-bond acceptors (Lipinski definition) is 4. The lowest BCUT2D eigenvalue weighted by Crippen LogP contribution is -2.36. The summed E-state index contributed by atoms with van der Waals surface area (Å²) in [5.41, 5.74) is 5.91. The Kier molecular flexibility index (Phi) is 5.56. The minimum atomic E-state index is -1.01. The van der Waals surface area contributed by atoms with Crippen molar-refractivity contribution in [3.8, 4) is 6.07 Å². The van der Waals surface area contributed by atoms with Gasteiger partial charge in [0.2, 0.25) is 0 Å². The normalized spacial score (nSPS) is 11.1. The van der Waals surface area contributed by atoms with Gasteiger partial charge in [-0.05, 0) is 24.6 Å². The molecule has 104 valence electrons. The second-order valence-corrected chi connectivity index (χ2v) is 4.35. The van der Waals surface area contributed by atoms with Crippen LogP contribution in [0.5, 0.6) is 0 Å². The molecule has 7 heteroatoms. The van der Waals surface area contributed by atoms with Gasteiger partial charge in [0.25, 0.3) is 5.91 Å². The van der Waals surface area contributed by atoms with E-state index in [1.165, 1.54) is 0 Å². The predicted molar refractivity (Wildman–Crippen MR) is 74.3 cm³/mol. The number of carbonyl (C=O) groups excluding carboxylic acids is 2. The monoisotopic (exact) mass is 292 g/mol. The molecule has 0 fully saturated rings. The van der Waals surface area contributed by atoms with Crippen molar-refractivity contribution in [2.45, 2.75) is 13.5 Å². The van der Waals surface area contributed by atoms with Gasteiger partial charge in [-0.2, -0.15) is 5.26 Å². The second-order valence-electron chi connectivity index (χ2n) is 3.91. The highest BCUT2D eigenvalue weighted by Gasteiger charge is 2.14. The zero-order chi connectivity index (χ0) is 15.1. The molecule has 3 amide bonds. The van der Waals surface area contributed by atoms with E-state index in [2.05, 4.69) is 5.32 Å². The largest absolute Gasteiger partial charge is 0.383 e. The Morgan fingerprint density at radius 3 is 2.45 bits per heavy atom. The molecule has 0 bridgehead atoms. The molecule has 0 aliphatic carbocycles. The molecule has 0 aliphatic heterocycles. The number of halogens is 1. The molecule has 6 nitrogen and oxygen atoms in total. The van der Waals surface area contributed by atoms with Crippen molar-refractivity contribution < 1.29 is 9.59 Å². The van der Waals surface area contributed by atoms with Gasteiger partial charge in [-0.25, -0.2) is 4.79 Å². The Morgan fingerprint density at radius 1 is 1.35 bits per heavy atom. The van der Waals surface area contributed by atoms with Crippen LogP contribution in [0.15, 0.2) is 35.5 Å². The Hall–Kier alpha value is -2.52. The van der Waals surface area contributed by atoms with Crippen molar-refractivity contribution in [2.75, 3.05) is 0 Å². The summed E-state index contributed by atoms with van der Waals surface area (Å²) in [5, 5.41) is 14.3. The van der Waals surface area contributed by atoms with E-state index in [1.54, 1.807) is 25.1 Å². The van der Waals surface area contributed by atoms with E-state index in [4.69, 9.17) is 22.6 Å². The quantitative estimate of drug-likeness (QED) is 0.576. The number of allylic oxidation sites excluding steroid dienone is 1. The summed E-state index contributed by atoms with van der Waals surface area (Å²) < 4.78 is 0. The Labute approximate surface area is 121 Å². The highest BCUT2D eigenvalue weighted by molar-refractivity contribution is 6.30. The highest BCUT2D eigenvalue weighted by Crippen LogP contribution is 2.10.